The number of nitrogens with two attached hydrogens (primary N) is 1. The Labute approximate surface area is 80.4 Å². The second-order valence-electron chi connectivity index (χ2n) is 1.93. The van der Waals surface area contributed by atoms with Crippen LogP contribution in [0.5, 0.6) is 0 Å². The fourth-order valence-electron chi connectivity index (χ4n) is 0.618. The molecule has 64 valence electrons. The molecule has 0 unspecified atom stereocenters. The molecule has 0 aromatic carbocycles. The minimum absolute atomic E-state index is 0. The summed E-state index contributed by atoms with van der Waals surface area (Å²) in [5.74, 6) is 0. The van der Waals surface area contributed by atoms with Crippen molar-refractivity contribution in [3.8, 4) is 0 Å². The Kier molecular flexibility index (Phi) is 5.04. The monoisotopic (exact) mass is 213 g/mol. The molecule has 0 fully saturated rings. The van der Waals surface area contributed by atoms with E-state index in [1.807, 2.05) is 6.07 Å². The number of halogens is 2. The quantitative estimate of drug-likeness (QED) is 0.788. The number of aliphatic hydroxyl groups excluding tert-OH is 1. The van der Waals surface area contributed by atoms with Crippen molar-refractivity contribution in [2.24, 2.45) is 5.73 Å². The molecule has 1 aromatic rings. The molecule has 5 heteroatoms. The summed E-state index contributed by atoms with van der Waals surface area (Å²) in [6.45, 7) is -0.0309. The van der Waals surface area contributed by atoms with Gasteiger partial charge in [0.25, 0.3) is 0 Å². The van der Waals surface area contributed by atoms with E-state index >= 15 is 0 Å². The number of thiophene rings is 1. The van der Waals surface area contributed by atoms with Gasteiger partial charge in [-0.1, -0.05) is 11.6 Å². The van der Waals surface area contributed by atoms with Crippen molar-refractivity contribution in [2.45, 2.75) is 6.04 Å². The Balaban J connectivity index is 0.000001000. The molecule has 0 amide bonds. The van der Waals surface area contributed by atoms with Crippen molar-refractivity contribution in [1.82, 2.24) is 0 Å². The lowest BCUT2D eigenvalue weighted by molar-refractivity contribution is 0.269. The fraction of sp³-hybridized carbons (Fsp3) is 0.333. The second kappa shape index (κ2) is 4.95. The highest BCUT2D eigenvalue weighted by Crippen LogP contribution is 2.25. The minimum atomic E-state index is -0.280. The predicted octanol–water partition coefficient (Wildman–Crippen LogP) is 1.82. The summed E-state index contributed by atoms with van der Waals surface area (Å²) in [4.78, 5) is 0.924. The molecular weight excluding hydrogens is 205 g/mol. The van der Waals surface area contributed by atoms with Crippen molar-refractivity contribution in [3.05, 3.63) is 21.3 Å². The van der Waals surface area contributed by atoms with E-state index in [2.05, 4.69) is 0 Å². The first-order valence-corrected chi connectivity index (χ1v) is 4.05. The Bertz CT molecular complexity index is 216. The van der Waals surface area contributed by atoms with E-state index in [0.29, 0.717) is 4.34 Å². The molecule has 0 saturated heterocycles. The molecule has 11 heavy (non-hydrogen) atoms. The van der Waals surface area contributed by atoms with Crippen LogP contribution in [0.4, 0.5) is 0 Å². The molecule has 0 bridgehead atoms. The Morgan fingerprint density at radius 2 is 2.27 bits per heavy atom. The molecule has 0 radical (unpaired) electrons. The van der Waals surface area contributed by atoms with Crippen LogP contribution >= 0.6 is 35.3 Å². The third-order valence-electron chi connectivity index (χ3n) is 1.16. The highest BCUT2D eigenvalue weighted by Gasteiger charge is 2.05. The van der Waals surface area contributed by atoms with Crippen molar-refractivity contribution in [2.75, 3.05) is 6.61 Å². The lowest BCUT2D eigenvalue weighted by Crippen LogP contribution is -2.12. The van der Waals surface area contributed by atoms with Crippen molar-refractivity contribution in [3.63, 3.8) is 0 Å². The van der Waals surface area contributed by atoms with Crippen LogP contribution in [-0.4, -0.2) is 11.7 Å². The minimum Gasteiger partial charge on any atom is -0.394 e. The number of rotatable bonds is 2. The van der Waals surface area contributed by atoms with E-state index in [4.69, 9.17) is 22.4 Å². The van der Waals surface area contributed by atoms with Crippen LogP contribution < -0.4 is 5.73 Å². The average molecular weight is 214 g/mol. The summed E-state index contributed by atoms with van der Waals surface area (Å²) < 4.78 is 0.707. The molecule has 0 aliphatic carbocycles. The summed E-state index contributed by atoms with van der Waals surface area (Å²) in [6.07, 6.45) is 0. The zero-order valence-electron chi connectivity index (χ0n) is 5.66. The zero-order valence-corrected chi connectivity index (χ0v) is 8.05. The molecule has 1 rings (SSSR count). The maximum Gasteiger partial charge on any atom is 0.0931 e. The van der Waals surface area contributed by atoms with Crippen LogP contribution in [0.1, 0.15) is 10.9 Å². The van der Waals surface area contributed by atoms with Gasteiger partial charge in [0.1, 0.15) is 0 Å². The first-order chi connectivity index (χ1) is 4.74. The van der Waals surface area contributed by atoms with Gasteiger partial charge < -0.3 is 10.8 Å². The molecule has 0 spiro atoms. The van der Waals surface area contributed by atoms with Crippen LogP contribution in [-0.2, 0) is 0 Å². The molecule has 1 heterocycles. The second-order valence-corrected chi connectivity index (χ2v) is 3.68. The maximum atomic E-state index is 8.64. The van der Waals surface area contributed by atoms with E-state index in [0.717, 1.165) is 4.88 Å². The van der Waals surface area contributed by atoms with Gasteiger partial charge in [-0.25, -0.2) is 0 Å². The molecule has 0 saturated carbocycles. The highest BCUT2D eigenvalue weighted by molar-refractivity contribution is 7.16. The standard InChI is InChI=1S/C6H8ClNOS.ClH/c7-6-2-1-5(10-6)4(8)3-9;/h1-2,4,9H,3,8H2;1H/t4-;/m1./s1. The van der Waals surface area contributed by atoms with Crippen LogP contribution in [0.15, 0.2) is 12.1 Å². The van der Waals surface area contributed by atoms with Gasteiger partial charge in [0.15, 0.2) is 0 Å². The molecule has 0 aliphatic rings. The molecule has 2 nitrogen and oxygen atoms in total. The van der Waals surface area contributed by atoms with Crippen LogP contribution in [0.2, 0.25) is 4.34 Å². The van der Waals surface area contributed by atoms with Crippen molar-refractivity contribution < 1.29 is 5.11 Å². The number of hydrogen-bond donors (Lipinski definition) is 2. The number of aliphatic hydroxyl groups is 1. The SMILES string of the molecule is Cl.N[C@H](CO)c1ccc(Cl)s1. The van der Waals surface area contributed by atoms with Gasteiger partial charge in [0, 0.05) is 4.88 Å². The van der Waals surface area contributed by atoms with E-state index in [1.54, 1.807) is 6.07 Å². The van der Waals surface area contributed by atoms with E-state index in [1.165, 1.54) is 11.3 Å². The lowest BCUT2D eigenvalue weighted by atomic mass is 10.3. The van der Waals surface area contributed by atoms with E-state index in [9.17, 15) is 0 Å². The molecule has 3 N–H and O–H groups in total. The molecule has 0 aliphatic heterocycles. The molecular formula is C6H9Cl2NOS. The van der Waals surface area contributed by atoms with Crippen molar-refractivity contribution in [1.29, 1.82) is 0 Å². The van der Waals surface area contributed by atoms with Crippen LogP contribution in [0, 0.1) is 0 Å². The summed E-state index contributed by atoms with van der Waals surface area (Å²) in [5, 5.41) is 8.64. The smallest absolute Gasteiger partial charge is 0.0931 e. The summed E-state index contributed by atoms with van der Waals surface area (Å²) in [7, 11) is 0. The first kappa shape index (κ1) is 11.2. The highest BCUT2D eigenvalue weighted by atomic mass is 35.5. The Morgan fingerprint density at radius 3 is 2.64 bits per heavy atom. The van der Waals surface area contributed by atoms with E-state index in [-0.39, 0.29) is 25.1 Å². The van der Waals surface area contributed by atoms with Crippen molar-refractivity contribution >= 4 is 35.3 Å². The van der Waals surface area contributed by atoms with Gasteiger partial charge in [0.2, 0.25) is 0 Å². The third-order valence-corrected chi connectivity index (χ3v) is 2.52. The van der Waals surface area contributed by atoms with Gasteiger partial charge in [-0.2, -0.15) is 0 Å². The topological polar surface area (TPSA) is 46.2 Å². The van der Waals surface area contributed by atoms with Crippen LogP contribution in [0.3, 0.4) is 0 Å². The molecule has 1 aromatic heterocycles. The summed E-state index contributed by atoms with van der Waals surface area (Å²) >= 11 is 7.04. The number of hydrogen-bond acceptors (Lipinski definition) is 3. The Morgan fingerprint density at radius 1 is 1.64 bits per heavy atom. The van der Waals surface area contributed by atoms with Gasteiger partial charge in [-0.3, -0.25) is 0 Å². The summed E-state index contributed by atoms with van der Waals surface area (Å²) in [5.41, 5.74) is 5.51. The van der Waals surface area contributed by atoms with Gasteiger partial charge in [-0.15, -0.1) is 23.7 Å². The largest absolute Gasteiger partial charge is 0.394 e. The average Bonchev–Trinajstić information content (AvgIpc) is 2.34. The maximum absolute atomic E-state index is 8.64. The van der Waals surface area contributed by atoms with Gasteiger partial charge in [0.05, 0.1) is 17.0 Å². The fourth-order valence-corrected chi connectivity index (χ4v) is 1.67. The van der Waals surface area contributed by atoms with Gasteiger partial charge in [-0.05, 0) is 12.1 Å². The third kappa shape index (κ3) is 2.97. The zero-order chi connectivity index (χ0) is 7.56. The van der Waals surface area contributed by atoms with Crippen LogP contribution in [0.25, 0.3) is 0 Å². The first-order valence-electron chi connectivity index (χ1n) is 2.85. The predicted molar refractivity (Wildman–Crippen MR) is 50.6 cm³/mol. The van der Waals surface area contributed by atoms with E-state index < -0.39 is 0 Å². The molecule has 1 atom stereocenters. The lowest BCUT2D eigenvalue weighted by Gasteiger charge is -2.02. The Hall–Kier alpha value is 0.200. The normalized spacial score (nSPS) is 12.3. The summed E-state index contributed by atoms with van der Waals surface area (Å²) in [6, 6.07) is 3.32. The van der Waals surface area contributed by atoms with Gasteiger partial charge >= 0.3 is 0 Å².